The van der Waals surface area contributed by atoms with Gasteiger partial charge in [-0.25, -0.2) is 4.39 Å². The van der Waals surface area contributed by atoms with Crippen LogP contribution in [0.1, 0.15) is 77.2 Å². The minimum Gasteiger partial charge on any atom is -0.489 e. The molecule has 0 aliphatic rings. The molecule has 0 N–H and O–H groups in total. The van der Waals surface area contributed by atoms with Crippen LogP contribution < -0.4 is 4.74 Å². The normalized spacial score (nSPS) is 12.1. The summed E-state index contributed by atoms with van der Waals surface area (Å²) >= 11 is 0. The lowest BCUT2D eigenvalue weighted by molar-refractivity contribution is 0.184. The summed E-state index contributed by atoms with van der Waals surface area (Å²) in [5, 5.41) is 0. The monoisotopic (exact) mass is 385 g/mol. The molecule has 2 aromatic rings. The van der Waals surface area contributed by atoms with Crippen molar-refractivity contribution in [1.29, 1.82) is 0 Å². The molecule has 0 spiro atoms. The fraction of sp³-hybridized carbons (Fsp3) is 0.560. The lowest BCUT2D eigenvalue weighted by Crippen LogP contribution is -2.12. The van der Waals surface area contributed by atoms with Gasteiger partial charge in [-0.3, -0.25) is 4.98 Å². The van der Waals surface area contributed by atoms with Gasteiger partial charge in [0.15, 0.2) is 0 Å². The molecule has 0 fully saturated rings. The van der Waals surface area contributed by atoms with E-state index in [0.717, 1.165) is 30.5 Å². The van der Waals surface area contributed by atoms with Crippen LogP contribution in [0, 0.1) is 0 Å². The molecule has 28 heavy (non-hydrogen) atoms. The molecule has 2 rings (SSSR count). The molecule has 1 atom stereocenters. The molecular formula is C25H36FNO. The summed E-state index contributed by atoms with van der Waals surface area (Å²) in [7, 11) is 0. The summed E-state index contributed by atoms with van der Waals surface area (Å²) in [4.78, 5) is 4.48. The van der Waals surface area contributed by atoms with Gasteiger partial charge in [0, 0.05) is 5.56 Å². The highest BCUT2D eigenvalue weighted by molar-refractivity contribution is 5.59. The van der Waals surface area contributed by atoms with Crippen LogP contribution in [0.2, 0.25) is 0 Å². The third-order valence-electron chi connectivity index (χ3n) is 5.11. The van der Waals surface area contributed by atoms with Crippen LogP contribution in [-0.2, 0) is 6.42 Å². The molecule has 1 unspecified atom stereocenters. The van der Waals surface area contributed by atoms with Crippen LogP contribution in [0.25, 0.3) is 11.3 Å². The Bertz CT molecular complexity index is 639. The van der Waals surface area contributed by atoms with E-state index in [4.69, 9.17) is 4.74 Å². The van der Waals surface area contributed by atoms with Crippen molar-refractivity contribution < 1.29 is 9.13 Å². The maximum atomic E-state index is 13.7. The number of pyridine rings is 1. The van der Waals surface area contributed by atoms with Crippen molar-refractivity contribution in [1.82, 2.24) is 4.98 Å². The molecule has 0 radical (unpaired) electrons. The van der Waals surface area contributed by atoms with E-state index in [1.807, 2.05) is 12.1 Å². The highest BCUT2D eigenvalue weighted by Gasteiger charge is 2.07. The van der Waals surface area contributed by atoms with E-state index in [0.29, 0.717) is 12.2 Å². The summed E-state index contributed by atoms with van der Waals surface area (Å²) < 4.78 is 19.2. The molecule has 0 bridgehead atoms. The molecule has 0 amide bonds. The molecular weight excluding hydrogens is 349 g/mol. The Kier molecular flexibility index (Phi) is 10.6. The number of rotatable bonds is 14. The van der Waals surface area contributed by atoms with E-state index in [2.05, 4.69) is 43.1 Å². The first-order valence-electron chi connectivity index (χ1n) is 11.0. The van der Waals surface area contributed by atoms with Gasteiger partial charge in [0.2, 0.25) is 0 Å². The summed E-state index contributed by atoms with van der Waals surface area (Å²) in [5.41, 5.74) is 3.41. The first-order chi connectivity index (χ1) is 13.7. The molecule has 154 valence electrons. The Hall–Kier alpha value is -1.90. The van der Waals surface area contributed by atoms with Crippen LogP contribution in [-0.4, -0.2) is 17.8 Å². The number of unbranched alkanes of at least 4 members (excludes halogenated alkanes) is 6. The van der Waals surface area contributed by atoms with Gasteiger partial charge >= 0.3 is 0 Å². The Morgan fingerprint density at radius 1 is 0.857 bits per heavy atom. The summed E-state index contributed by atoms with van der Waals surface area (Å²) in [6.07, 6.45) is 12.4. The fourth-order valence-corrected chi connectivity index (χ4v) is 3.28. The van der Waals surface area contributed by atoms with Crippen molar-refractivity contribution in [2.75, 3.05) is 6.61 Å². The van der Waals surface area contributed by atoms with E-state index in [-0.39, 0.29) is 6.61 Å². The van der Waals surface area contributed by atoms with Crippen LogP contribution in [0.3, 0.4) is 0 Å². The third-order valence-corrected chi connectivity index (χ3v) is 5.11. The quantitative estimate of drug-likeness (QED) is 0.313. The standard InChI is InChI=1S/C25H36FNO/c1-3-5-7-8-9-10-11-21-13-15-22(16-14-21)25-18-17-24(19-27-25)28-20-23(26)12-6-4-2/h13-19,23H,3-12,20H2,1-2H3. The average molecular weight is 386 g/mol. The first-order valence-corrected chi connectivity index (χ1v) is 11.0. The van der Waals surface area contributed by atoms with Crippen LogP contribution in [0.5, 0.6) is 5.75 Å². The predicted octanol–water partition coefficient (Wildman–Crippen LogP) is 7.56. The van der Waals surface area contributed by atoms with E-state index in [1.165, 1.54) is 44.1 Å². The van der Waals surface area contributed by atoms with Crippen molar-refractivity contribution in [3.05, 3.63) is 48.2 Å². The maximum Gasteiger partial charge on any atom is 0.137 e. The Balaban J connectivity index is 1.77. The second-order valence-corrected chi connectivity index (χ2v) is 7.64. The average Bonchev–Trinajstić information content (AvgIpc) is 2.74. The zero-order valence-electron chi connectivity index (χ0n) is 17.6. The number of hydrogen-bond acceptors (Lipinski definition) is 2. The van der Waals surface area contributed by atoms with Crippen LogP contribution >= 0.6 is 0 Å². The number of nitrogens with zero attached hydrogens (tertiary/aromatic N) is 1. The van der Waals surface area contributed by atoms with Crippen molar-refractivity contribution in [3.63, 3.8) is 0 Å². The molecule has 0 saturated heterocycles. The SMILES string of the molecule is CCCCCCCCc1ccc(-c2ccc(OCC(F)CCCC)cn2)cc1. The van der Waals surface area contributed by atoms with Crippen molar-refractivity contribution in [2.45, 2.75) is 84.2 Å². The smallest absolute Gasteiger partial charge is 0.137 e. The van der Waals surface area contributed by atoms with Gasteiger partial charge in [0.05, 0.1) is 11.9 Å². The Morgan fingerprint density at radius 2 is 1.57 bits per heavy atom. The van der Waals surface area contributed by atoms with Gasteiger partial charge in [-0.15, -0.1) is 0 Å². The molecule has 0 saturated carbocycles. The summed E-state index contributed by atoms with van der Waals surface area (Å²) in [6, 6.07) is 12.5. The second kappa shape index (κ2) is 13.3. The van der Waals surface area contributed by atoms with Gasteiger partial charge in [-0.1, -0.05) is 83.1 Å². The van der Waals surface area contributed by atoms with Crippen LogP contribution in [0.4, 0.5) is 4.39 Å². The summed E-state index contributed by atoms with van der Waals surface area (Å²) in [6.45, 7) is 4.43. The van der Waals surface area contributed by atoms with E-state index < -0.39 is 6.17 Å². The lowest BCUT2D eigenvalue weighted by Gasteiger charge is -2.10. The zero-order chi connectivity index (χ0) is 20.0. The van der Waals surface area contributed by atoms with Gasteiger partial charge < -0.3 is 4.74 Å². The largest absolute Gasteiger partial charge is 0.489 e. The van der Waals surface area contributed by atoms with Gasteiger partial charge in [-0.05, 0) is 37.0 Å². The number of ether oxygens (including phenoxy) is 1. The topological polar surface area (TPSA) is 22.1 Å². The minimum atomic E-state index is -0.904. The minimum absolute atomic E-state index is 0.105. The van der Waals surface area contributed by atoms with Gasteiger partial charge in [0.1, 0.15) is 18.5 Å². The van der Waals surface area contributed by atoms with Crippen molar-refractivity contribution in [3.8, 4) is 17.0 Å². The molecule has 1 aromatic carbocycles. The highest BCUT2D eigenvalue weighted by Crippen LogP contribution is 2.21. The Morgan fingerprint density at radius 3 is 2.25 bits per heavy atom. The van der Waals surface area contributed by atoms with Crippen molar-refractivity contribution >= 4 is 0 Å². The van der Waals surface area contributed by atoms with Gasteiger partial charge in [0.25, 0.3) is 0 Å². The maximum absolute atomic E-state index is 13.7. The molecule has 1 heterocycles. The molecule has 3 heteroatoms. The van der Waals surface area contributed by atoms with E-state index in [1.54, 1.807) is 6.20 Å². The number of halogens is 1. The lowest BCUT2D eigenvalue weighted by atomic mass is 10.0. The fourth-order valence-electron chi connectivity index (χ4n) is 3.28. The molecule has 0 aliphatic heterocycles. The number of benzene rings is 1. The predicted molar refractivity (Wildman–Crippen MR) is 117 cm³/mol. The van der Waals surface area contributed by atoms with E-state index in [9.17, 15) is 4.39 Å². The van der Waals surface area contributed by atoms with Crippen LogP contribution in [0.15, 0.2) is 42.6 Å². The number of aromatic nitrogens is 1. The molecule has 1 aromatic heterocycles. The second-order valence-electron chi connectivity index (χ2n) is 7.64. The molecule has 0 aliphatic carbocycles. The summed E-state index contributed by atoms with van der Waals surface area (Å²) in [5.74, 6) is 0.627. The van der Waals surface area contributed by atoms with Crippen molar-refractivity contribution in [2.24, 2.45) is 0 Å². The van der Waals surface area contributed by atoms with Gasteiger partial charge in [-0.2, -0.15) is 0 Å². The number of hydrogen-bond donors (Lipinski definition) is 0. The number of alkyl halides is 1. The first kappa shape index (κ1) is 22.4. The third kappa shape index (κ3) is 8.41. The Labute approximate surface area is 170 Å². The number of aryl methyl sites for hydroxylation is 1. The van der Waals surface area contributed by atoms with E-state index >= 15 is 0 Å². The molecule has 2 nitrogen and oxygen atoms in total. The highest BCUT2D eigenvalue weighted by atomic mass is 19.1. The zero-order valence-corrected chi connectivity index (χ0v) is 17.6.